The summed E-state index contributed by atoms with van der Waals surface area (Å²) in [6.45, 7) is 2.56. The first kappa shape index (κ1) is 21.4. The first-order valence-corrected chi connectivity index (χ1v) is 9.04. The fourth-order valence-corrected chi connectivity index (χ4v) is 2.85. The topological polar surface area (TPSA) is 72.9 Å². The molecule has 1 heterocycles. The molecule has 0 spiro atoms. The smallest absolute Gasteiger partial charge is 0.409 e. The number of likely N-dealkylation sites (tertiary alicyclic amines) is 1. The van der Waals surface area contributed by atoms with Crippen LogP contribution >= 0.6 is 0 Å². The lowest BCUT2D eigenvalue weighted by Gasteiger charge is -2.30. The van der Waals surface area contributed by atoms with Crippen molar-refractivity contribution >= 4 is 17.8 Å². The van der Waals surface area contributed by atoms with Crippen LogP contribution in [0.4, 0.5) is 4.79 Å². The molecule has 0 aromatic heterocycles. The van der Waals surface area contributed by atoms with E-state index < -0.39 is 0 Å². The summed E-state index contributed by atoms with van der Waals surface area (Å²) in [6, 6.07) is 0. The van der Waals surface area contributed by atoms with E-state index in [1.807, 2.05) is 0 Å². The second-order valence-electron chi connectivity index (χ2n) is 7.64. The fourth-order valence-electron chi connectivity index (χ4n) is 2.85. The number of piperidine rings is 1. The molecule has 7 heteroatoms. The number of hydrogen-bond donors (Lipinski definition) is 0. The number of rotatable bonds is 9. The van der Waals surface area contributed by atoms with E-state index >= 15 is 0 Å². The fraction of sp³-hybridized carbons (Fsp3) is 0.833. The zero-order valence-corrected chi connectivity index (χ0v) is 16.1. The first-order valence-electron chi connectivity index (χ1n) is 9.04. The van der Waals surface area contributed by atoms with E-state index in [0.29, 0.717) is 32.5 Å². The van der Waals surface area contributed by atoms with E-state index in [4.69, 9.17) is 4.74 Å². The Morgan fingerprint density at radius 3 is 2.24 bits per heavy atom. The molecule has 0 aliphatic carbocycles. The van der Waals surface area contributed by atoms with Gasteiger partial charge in [-0.05, 0) is 25.7 Å². The third kappa shape index (κ3) is 8.86. The molecule has 1 saturated heterocycles. The number of quaternary nitrogens is 1. The summed E-state index contributed by atoms with van der Waals surface area (Å²) in [4.78, 5) is 36.9. The molecule has 0 atom stereocenters. The zero-order valence-electron chi connectivity index (χ0n) is 16.1. The van der Waals surface area contributed by atoms with Crippen molar-refractivity contribution in [2.24, 2.45) is 5.92 Å². The molecular formula is C18H33N2O5+. The first-order chi connectivity index (χ1) is 11.7. The molecule has 0 aromatic carbocycles. The van der Waals surface area contributed by atoms with Crippen molar-refractivity contribution in [2.45, 2.75) is 38.5 Å². The monoisotopic (exact) mass is 357 g/mol. The minimum atomic E-state index is -0.361. The maximum Gasteiger partial charge on any atom is 0.409 e. The Bertz CT molecular complexity index is 451. The summed E-state index contributed by atoms with van der Waals surface area (Å²) < 4.78 is 10.8. The van der Waals surface area contributed by atoms with Crippen LogP contribution in [0.15, 0.2) is 0 Å². The van der Waals surface area contributed by atoms with E-state index in [-0.39, 0.29) is 36.6 Å². The van der Waals surface area contributed by atoms with Gasteiger partial charge in [0.1, 0.15) is 5.78 Å². The van der Waals surface area contributed by atoms with Crippen LogP contribution in [0.25, 0.3) is 0 Å². The highest BCUT2D eigenvalue weighted by Crippen LogP contribution is 2.20. The predicted molar refractivity (Wildman–Crippen MR) is 94.0 cm³/mol. The third-order valence-electron chi connectivity index (χ3n) is 4.46. The molecule has 1 amide bonds. The highest BCUT2D eigenvalue weighted by molar-refractivity contribution is 5.85. The van der Waals surface area contributed by atoms with E-state index in [1.165, 1.54) is 7.11 Å². The van der Waals surface area contributed by atoms with Gasteiger partial charge in [0.2, 0.25) is 0 Å². The van der Waals surface area contributed by atoms with Gasteiger partial charge in [0.15, 0.2) is 0 Å². The summed E-state index contributed by atoms with van der Waals surface area (Å²) in [7, 11) is 7.74. The quantitative estimate of drug-likeness (QED) is 0.358. The number of nitrogens with zero attached hydrogens (tertiary/aromatic N) is 2. The van der Waals surface area contributed by atoms with Gasteiger partial charge in [-0.15, -0.1) is 0 Å². The Labute approximate surface area is 150 Å². The average Bonchev–Trinajstić information content (AvgIpc) is 2.57. The SMILES string of the molecule is COC(=O)CCC(=O)C1CCN(C(=O)OCCCC[N+](C)(C)C)CC1. The summed E-state index contributed by atoms with van der Waals surface area (Å²) >= 11 is 0. The van der Waals surface area contributed by atoms with Crippen LogP contribution in [0, 0.1) is 5.92 Å². The largest absolute Gasteiger partial charge is 0.469 e. The minimum Gasteiger partial charge on any atom is -0.469 e. The molecule has 0 bridgehead atoms. The lowest BCUT2D eigenvalue weighted by Crippen LogP contribution is -2.40. The van der Waals surface area contributed by atoms with Crippen LogP contribution in [0.3, 0.4) is 0 Å². The normalized spacial score (nSPS) is 15.8. The molecule has 0 aromatic rings. The Kier molecular flexibility index (Phi) is 8.89. The molecule has 1 aliphatic heterocycles. The molecule has 144 valence electrons. The second kappa shape index (κ2) is 10.4. The van der Waals surface area contributed by atoms with Gasteiger partial charge in [0.05, 0.1) is 47.8 Å². The van der Waals surface area contributed by atoms with Crippen LogP contribution in [0.1, 0.15) is 38.5 Å². The second-order valence-corrected chi connectivity index (χ2v) is 7.64. The number of ketones is 1. The number of carbonyl (C=O) groups is 3. The van der Waals surface area contributed by atoms with Crippen molar-refractivity contribution < 1.29 is 28.3 Å². The number of ether oxygens (including phenoxy) is 2. The van der Waals surface area contributed by atoms with Gasteiger partial charge in [0, 0.05) is 25.4 Å². The molecule has 0 radical (unpaired) electrons. The minimum absolute atomic E-state index is 0.0711. The highest BCUT2D eigenvalue weighted by Gasteiger charge is 2.28. The van der Waals surface area contributed by atoms with Crippen LogP contribution in [-0.4, -0.2) is 81.7 Å². The number of Topliss-reactive ketones (excluding diaryl/α,β-unsaturated/α-hetero) is 1. The zero-order chi connectivity index (χ0) is 18.9. The van der Waals surface area contributed by atoms with E-state index in [2.05, 4.69) is 25.9 Å². The molecule has 1 aliphatic rings. The average molecular weight is 357 g/mol. The molecule has 0 unspecified atom stereocenters. The lowest BCUT2D eigenvalue weighted by atomic mass is 9.90. The number of esters is 1. The maximum atomic E-state index is 12.1. The molecular weight excluding hydrogens is 324 g/mol. The van der Waals surface area contributed by atoms with Crippen LogP contribution < -0.4 is 0 Å². The molecule has 1 rings (SSSR count). The van der Waals surface area contributed by atoms with Gasteiger partial charge >= 0.3 is 12.1 Å². The van der Waals surface area contributed by atoms with Gasteiger partial charge in [-0.3, -0.25) is 9.59 Å². The molecule has 25 heavy (non-hydrogen) atoms. The van der Waals surface area contributed by atoms with E-state index in [0.717, 1.165) is 23.9 Å². The Morgan fingerprint density at radius 2 is 1.68 bits per heavy atom. The Morgan fingerprint density at radius 1 is 1.04 bits per heavy atom. The number of hydrogen-bond acceptors (Lipinski definition) is 5. The van der Waals surface area contributed by atoms with Crippen molar-refractivity contribution in [1.29, 1.82) is 0 Å². The van der Waals surface area contributed by atoms with Gasteiger partial charge in [0.25, 0.3) is 0 Å². The van der Waals surface area contributed by atoms with Crippen molar-refractivity contribution in [2.75, 3.05) is 54.5 Å². The van der Waals surface area contributed by atoms with Crippen molar-refractivity contribution in [1.82, 2.24) is 4.90 Å². The number of unbranched alkanes of at least 4 members (excludes halogenated alkanes) is 1. The number of methoxy groups -OCH3 is 1. The van der Waals surface area contributed by atoms with Crippen LogP contribution in [-0.2, 0) is 19.1 Å². The molecule has 0 N–H and O–H groups in total. The van der Waals surface area contributed by atoms with Gasteiger partial charge < -0.3 is 18.9 Å². The van der Waals surface area contributed by atoms with E-state index in [9.17, 15) is 14.4 Å². The third-order valence-corrected chi connectivity index (χ3v) is 4.46. The highest BCUT2D eigenvalue weighted by atomic mass is 16.6. The van der Waals surface area contributed by atoms with Crippen molar-refractivity contribution in [3.63, 3.8) is 0 Å². The Hall–Kier alpha value is -1.63. The molecule has 0 saturated carbocycles. The van der Waals surface area contributed by atoms with Gasteiger partial charge in [-0.1, -0.05) is 0 Å². The summed E-state index contributed by atoms with van der Waals surface area (Å²) in [5, 5.41) is 0. The van der Waals surface area contributed by atoms with Crippen molar-refractivity contribution in [3.05, 3.63) is 0 Å². The van der Waals surface area contributed by atoms with Crippen LogP contribution in [0.2, 0.25) is 0 Å². The number of amides is 1. The van der Waals surface area contributed by atoms with Gasteiger partial charge in [-0.2, -0.15) is 0 Å². The summed E-state index contributed by atoms with van der Waals surface area (Å²) in [5.41, 5.74) is 0. The molecule has 7 nitrogen and oxygen atoms in total. The number of carbonyl (C=O) groups excluding carboxylic acids is 3. The van der Waals surface area contributed by atoms with Gasteiger partial charge in [-0.25, -0.2) is 4.79 Å². The predicted octanol–water partition coefficient (Wildman–Crippen LogP) is 1.84. The lowest BCUT2D eigenvalue weighted by molar-refractivity contribution is -0.870. The van der Waals surface area contributed by atoms with E-state index in [1.54, 1.807) is 4.90 Å². The maximum absolute atomic E-state index is 12.1. The Balaban J connectivity index is 2.19. The molecule has 1 fully saturated rings. The summed E-state index contributed by atoms with van der Waals surface area (Å²) in [6.07, 6.45) is 3.22. The van der Waals surface area contributed by atoms with Crippen LogP contribution in [0.5, 0.6) is 0 Å². The standard InChI is InChI=1S/C18H33N2O5/c1-20(2,3)13-5-6-14-25-18(23)19-11-9-15(10-12-19)16(21)7-8-17(22)24-4/h15H,5-14H2,1-4H3/q+1. The summed E-state index contributed by atoms with van der Waals surface area (Å²) in [5.74, 6) is -0.350. The van der Waals surface area contributed by atoms with Crippen molar-refractivity contribution in [3.8, 4) is 0 Å².